The Hall–Kier alpha value is -4.89. The number of halogens is 1. The summed E-state index contributed by atoms with van der Waals surface area (Å²) in [5.74, 6) is 0.426. The summed E-state index contributed by atoms with van der Waals surface area (Å²) in [6, 6.07) is 41.9. The number of fused-ring (bicyclic) bond motifs is 3. The molecule has 0 saturated heterocycles. The van der Waals surface area contributed by atoms with Crippen LogP contribution in [0.3, 0.4) is 0 Å². The topological polar surface area (TPSA) is 28.9 Å². The van der Waals surface area contributed by atoms with Crippen molar-refractivity contribution in [2.75, 3.05) is 0 Å². The monoisotopic (exact) mass is 479 g/mol. The van der Waals surface area contributed by atoms with Crippen LogP contribution in [0.25, 0.3) is 66.7 Å². The van der Waals surface area contributed by atoms with E-state index in [2.05, 4.69) is 17.1 Å². The first kappa shape index (κ1) is 21.4. The number of hydrogen-bond donors (Lipinski definition) is 1. The summed E-state index contributed by atoms with van der Waals surface area (Å²) in [6.45, 7) is 0. The van der Waals surface area contributed by atoms with E-state index in [0.29, 0.717) is 11.1 Å². The van der Waals surface area contributed by atoms with Gasteiger partial charge >= 0.3 is 0 Å². The van der Waals surface area contributed by atoms with Crippen molar-refractivity contribution in [3.05, 3.63) is 133 Å². The Morgan fingerprint density at radius 1 is 0.541 bits per heavy atom. The minimum atomic E-state index is -0.306. The van der Waals surface area contributed by atoms with Gasteiger partial charge < -0.3 is 9.40 Å². The van der Waals surface area contributed by atoms with Crippen molar-refractivity contribution in [3.63, 3.8) is 0 Å². The highest BCUT2D eigenvalue weighted by molar-refractivity contribution is 6.19. The van der Waals surface area contributed by atoms with Gasteiger partial charge in [0.15, 0.2) is 0 Å². The van der Waals surface area contributed by atoms with Gasteiger partial charge in [0.05, 0.1) is 16.6 Å². The molecule has 1 N–H and O–H groups in total. The molecule has 2 nitrogen and oxygen atoms in total. The Bertz CT molecular complexity index is 1850. The van der Waals surface area contributed by atoms with E-state index in [4.69, 9.17) is 4.42 Å². The Morgan fingerprint density at radius 3 is 1.59 bits per heavy atom. The van der Waals surface area contributed by atoms with Gasteiger partial charge in [-0.1, -0.05) is 121 Å². The second-order valence-corrected chi connectivity index (χ2v) is 9.13. The fourth-order valence-corrected chi connectivity index (χ4v) is 5.27. The van der Waals surface area contributed by atoms with Gasteiger partial charge in [0.25, 0.3) is 0 Å². The van der Waals surface area contributed by atoms with Crippen LogP contribution in [0.5, 0.6) is 0 Å². The molecular formula is C34H22FNO. The maximum Gasteiger partial charge on any atom is 0.148 e. The summed E-state index contributed by atoms with van der Waals surface area (Å²) in [5, 5.41) is 1.50. The molecule has 0 saturated carbocycles. The zero-order chi connectivity index (χ0) is 24.8. The smallest absolute Gasteiger partial charge is 0.148 e. The van der Waals surface area contributed by atoms with Crippen LogP contribution in [0.2, 0.25) is 0 Å². The van der Waals surface area contributed by atoms with Crippen molar-refractivity contribution in [3.8, 4) is 44.8 Å². The lowest BCUT2D eigenvalue weighted by Gasteiger charge is -2.06. The molecule has 0 atom stereocenters. The molecule has 37 heavy (non-hydrogen) atoms. The average molecular weight is 480 g/mol. The van der Waals surface area contributed by atoms with Crippen molar-refractivity contribution in [2.24, 2.45) is 0 Å². The minimum Gasteiger partial charge on any atom is -0.455 e. The summed E-state index contributed by atoms with van der Waals surface area (Å²) in [7, 11) is 0. The number of hydrogen-bond acceptors (Lipinski definition) is 1. The van der Waals surface area contributed by atoms with E-state index in [0.717, 1.165) is 55.6 Å². The van der Waals surface area contributed by atoms with Crippen molar-refractivity contribution in [1.29, 1.82) is 0 Å². The van der Waals surface area contributed by atoms with E-state index in [1.165, 1.54) is 0 Å². The lowest BCUT2D eigenvalue weighted by molar-refractivity contribution is 0.629. The van der Waals surface area contributed by atoms with Gasteiger partial charge in [-0.05, 0) is 22.8 Å². The number of benzene rings is 5. The van der Waals surface area contributed by atoms with Gasteiger partial charge in [-0.2, -0.15) is 0 Å². The molecular weight excluding hydrogens is 457 g/mol. The fraction of sp³-hybridized carbons (Fsp3) is 0. The molecule has 7 aromatic rings. The van der Waals surface area contributed by atoms with E-state index >= 15 is 4.39 Å². The first-order chi connectivity index (χ1) is 18.3. The number of H-pyrrole nitrogens is 1. The zero-order valence-corrected chi connectivity index (χ0v) is 19.9. The highest BCUT2D eigenvalue weighted by atomic mass is 19.1. The molecule has 0 aliphatic heterocycles. The maximum absolute atomic E-state index is 16.0. The van der Waals surface area contributed by atoms with E-state index in [1.54, 1.807) is 6.07 Å². The maximum atomic E-state index is 16.0. The van der Waals surface area contributed by atoms with E-state index in [-0.39, 0.29) is 5.82 Å². The van der Waals surface area contributed by atoms with Crippen LogP contribution < -0.4 is 0 Å². The van der Waals surface area contributed by atoms with Gasteiger partial charge in [0.1, 0.15) is 17.2 Å². The molecule has 2 aromatic heterocycles. The number of aromatic nitrogens is 1. The lowest BCUT2D eigenvalue weighted by Crippen LogP contribution is -1.83. The second kappa shape index (κ2) is 8.65. The SMILES string of the molecule is Fc1cc2c(-c3ccccc3)c(-c3ccccc3)oc2c2c(-c3ccccc3)c(-c3ccccc3)[nH]c12. The highest BCUT2D eigenvalue weighted by Gasteiger charge is 2.26. The molecule has 0 bridgehead atoms. The molecule has 3 heteroatoms. The second-order valence-electron chi connectivity index (χ2n) is 9.13. The molecule has 0 radical (unpaired) electrons. The van der Waals surface area contributed by atoms with E-state index < -0.39 is 0 Å². The number of rotatable bonds is 4. The molecule has 2 heterocycles. The standard InChI is InChI=1S/C34H22FNO/c35-27-21-26-28(22-13-5-1-6-14-22)33(25-19-11-4-12-20-25)37-34(26)30-29(23-15-7-2-8-16-23)31(36-32(27)30)24-17-9-3-10-18-24/h1-21,36H. The predicted molar refractivity (Wildman–Crippen MR) is 150 cm³/mol. The summed E-state index contributed by atoms with van der Waals surface area (Å²) in [5.41, 5.74) is 7.73. The third kappa shape index (κ3) is 3.47. The van der Waals surface area contributed by atoms with Crippen LogP contribution in [0, 0.1) is 5.82 Å². The summed E-state index contributed by atoms with van der Waals surface area (Å²) in [4.78, 5) is 3.41. The number of nitrogens with one attached hydrogen (secondary N) is 1. The highest BCUT2D eigenvalue weighted by Crippen LogP contribution is 2.48. The summed E-state index contributed by atoms with van der Waals surface area (Å²) in [6.07, 6.45) is 0. The van der Waals surface area contributed by atoms with Crippen LogP contribution in [0.15, 0.2) is 132 Å². The van der Waals surface area contributed by atoms with Crippen molar-refractivity contribution < 1.29 is 8.81 Å². The Labute approximate surface area is 213 Å². The zero-order valence-electron chi connectivity index (χ0n) is 19.9. The minimum absolute atomic E-state index is 0.306. The van der Waals surface area contributed by atoms with Crippen molar-refractivity contribution in [1.82, 2.24) is 4.98 Å². The van der Waals surface area contributed by atoms with Crippen LogP contribution in [-0.4, -0.2) is 4.98 Å². The summed E-state index contributed by atoms with van der Waals surface area (Å²) >= 11 is 0. The first-order valence-electron chi connectivity index (χ1n) is 12.3. The van der Waals surface area contributed by atoms with Crippen molar-refractivity contribution >= 4 is 21.9 Å². The van der Waals surface area contributed by atoms with Crippen LogP contribution >= 0.6 is 0 Å². The normalized spacial score (nSPS) is 11.4. The Morgan fingerprint density at radius 2 is 1.03 bits per heavy atom. The summed E-state index contributed by atoms with van der Waals surface area (Å²) < 4.78 is 22.7. The van der Waals surface area contributed by atoms with Crippen LogP contribution in [0.4, 0.5) is 4.39 Å². The number of aromatic amines is 1. The molecule has 0 amide bonds. The average Bonchev–Trinajstić information content (AvgIpc) is 3.55. The van der Waals surface area contributed by atoms with Crippen molar-refractivity contribution in [2.45, 2.75) is 0 Å². The van der Waals surface area contributed by atoms with Crippen LogP contribution in [-0.2, 0) is 0 Å². The van der Waals surface area contributed by atoms with Gasteiger partial charge in [-0.3, -0.25) is 0 Å². The number of furan rings is 1. The first-order valence-corrected chi connectivity index (χ1v) is 12.3. The molecule has 176 valence electrons. The fourth-order valence-electron chi connectivity index (χ4n) is 5.27. The third-order valence-corrected chi connectivity index (χ3v) is 6.91. The molecule has 5 aromatic carbocycles. The van der Waals surface area contributed by atoms with Gasteiger partial charge in [-0.15, -0.1) is 0 Å². The van der Waals surface area contributed by atoms with Gasteiger partial charge in [0, 0.05) is 22.1 Å². The molecule has 7 rings (SSSR count). The van der Waals surface area contributed by atoms with E-state index in [1.807, 2.05) is 109 Å². The van der Waals surface area contributed by atoms with Gasteiger partial charge in [-0.25, -0.2) is 4.39 Å². The van der Waals surface area contributed by atoms with Crippen LogP contribution in [0.1, 0.15) is 0 Å². The molecule has 0 spiro atoms. The lowest BCUT2D eigenvalue weighted by atomic mass is 9.95. The molecule has 0 unspecified atom stereocenters. The quantitative estimate of drug-likeness (QED) is 0.267. The van der Waals surface area contributed by atoms with E-state index in [9.17, 15) is 0 Å². The predicted octanol–water partition coefficient (Wildman–Crippen LogP) is 9.72. The molecule has 0 aliphatic carbocycles. The Kier molecular flexibility index (Phi) is 5.00. The Balaban J connectivity index is 1.66. The largest absolute Gasteiger partial charge is 0.455 e. The van der Waals surface area contributed by atoms with Gasteiger partial charge in [0.2, 0.25) is 0 Å². The third-order valence-electron chi connectivity index (χ3n) is 6.91. The molecule has 0 aliphatic rings. The molecule has 0 fully saturated rings.